The molecule has 3 rings (SSSR count). The number of hydrogen-bond acceptors (Lipinski definition) is 5. The van der Waals surface area contributed by atoms with Gasteiger partial charge in [-0.05, 0) is 38.4 Å². The zero-order valence-corrected chi connectivity index (χ0v) is 15.5. The molecule has 2 aliphatic heterocycles. The van der Waals surface area contributed by atoms with Crippen LogP contribution in [0.1, 0.15) is 52.3 Å². The van der Waals surface area contributed by atoms with Crippen LogP contribution < -0.4 is 4.90 Å². The first kappa shape index (κ1) is 17.6. The summed E-state index contributed by atoms with van der Waals surface area (Å²) < 4.78 is 6.13. The minimum atomic E-state index is -0.0138. The number of likely N-dealkylation sites (tertiary alicyclic amines) is 1. The first-order chi connectivity index (χ1) is 11.5. The molecule has 3 heterocycles. The highest BCUT2D eigenvalue weighted by Gasteiger charge is 2.26. The van der Waals surface area contributed by atoms with Crippen LogP contribution in [0.2, 0.25) is 0 Å². The van der Waals surface area contributed by atoms with Crippen LogP contribution >= 0.6 is 0 Å². The Morgan fingerprint density at radius 3 is 2.71 bits per heavy atom. The lowest BCUT2D eigenvalue weighted by molar-refractivity contribution is 0.0467. The topological polar surface area (TPSA) is 41.5 Å². The molecule has 2 aliphatic rings. The van der Waals surface area contributed by atoms with Crippen molar-refractivity contribution >= 4 is 5.82 Å². The molecule has 0 amide bonds. The summed E-state index contributed by atoms with van der Waals surface area (Å²) in [6, 6.07) is 2.02. The predicted molar refractivity (Wildman–Crippen MR) is 97.6 cm³/mol. The van der Waals surface area contributed by atoms with E-state index in [4.69, 9.17) is 9.72 Å². The molecule has 1 aromatic rings. The molecule has 0 bridgehead atoms. The van der Waals surface area contributed by atoms with Crippen LogP contribution in [-0.2, 0) is 10.2 Å². The summed E-state index contributed by atoms with van der Waals surface area (Å²) in [5.41, 5.74) is -0.0138. The molecular formula is C19H32N4O. The molecule has 0 aromatic carbocycles. The second kappa shape index (κ2) is 7.79. The fraction of sp³-hybridized carbons (Fsp3) is 0.789. The highest BCUT2D eigenvalue weighted by molar-refractivity contribution is 5.39. The molecule has 0 N–H and O–H groups in total. The van der Waals surface area contributed by atoms with Gasteiger partial charge in [0.25, 0.3) is 0 Å². The maximum Gasteiger partial charge on any atom is 0.135 e. The monoisotopic (exact) mass is 332 g/mol. The first-order valence-electron chi connectivity index (χ1n) is 9.45. The third kappa shape index (κ3) is 4.67. The first-order valence-corrected chi connectivity index (χ1v) is 9.45. The zero-order valence-electron chi connectivity index (χ0n) is 15.5. The van der Waals surface area contributed by atoms with Crippen LogP contribution in [0.5, 0.6) is 0 Å². The number of aromatic nitrogens is 2. The molecule has 0 aliphatic carbocycles. The maximum absolute atomic E-state index is 6.13. The smallest absolute Gasteiger partial charge is 0.135 e. The summed E-state index contributed by atoms with van der Waals surface area (Å²) in [7, 11) is 0. The molecule has 2 fully saturated rings. The lowest BCUT2D eigenvalue weighted by atomic mass is 9.96. The highest BCUT2D eigenvalue weighted by atomic mass is 16.5. The van der Waals surface area contributed by atoms with E-state index in [2.05, 4.69) is 35.6 Å². The van der Waals surface area contributed by atoms with Crippen molar-refractivity contribution < 1.29 is 4.74 Å². The summed E-state index contributed by atoms with van der Waals surface area (Å²) in [4.78, 5) is 14.1. The van der Waals surface area contributed by atoms with Gasteiger partial charge in [0, 0.05) is 31.2 Å². The van der Waals surface area contributed by atoms with E-state index < -0.39 is 0 Å². The zero-order chi connectivity index (χ0) is 17.0. The van der Waals surface area contributed by atoms with Gasteiger partial charge in [-0.2, -0.15) is 0 Å². The lowest BCUT2D eigenvalue weighted by Crippen LogP contribution is -2.34. The van der Waals surface area contributed by atoms with Gasteiger partial charge in [-0.3, -0.25) is 0 Å². The number of ether oxygens (including phenoxy) is 1. The Balaban J connectivity index is 1.46. The molecule has 5 nitrogen and oxygen atoms in total. The normalized spacial score (nSPS) is 23.0. The van der Waals surface area contributed by atoms with E-state index in [9.17, 15) is 0 Å². The second-order valence-electron chi connectivity index (χ2n) is 8.12. The molecule has 0 saturated carbocycles. The van der Waals surface area contributed by atoms with Gasteiger partial charge >= 0.3 is 0 Å². The predicted octanol–water partition coefficient (Wildman–Crippen LogP) is 2.86. The van der Waals surface area contributed by atoms with Gasteiger partial charge in [0.05, 0.1) is 12.7 Å². The molecule has 0 unspecified atom stereocenters. The van der Waals surface area contributed by atoms with Gasteiger partial charge < -0.3 is 14.5 Å². The largest absolute Gasteiger partial charge is 0.375 e. The van der Waals surface area contributed by atoms with Crippen LogP contribution in [0.3, 0.4) is 0 Å². The Morgan fingerprint density at radius 1 is 1.17 bits per heavy atom. The van der Waals surface area contributed by atoms with Crippen molar-refractivity contribution in [3.8, 4) is 0 Å². The fourth-order valence-corrected chi connectivity index (χ4v) is 3.49. The number of hydrogen-bond donors (Lipinski definition) is 0. The van der Waals surface area contributed by atoms with E-state index in [0.717, 1.165) is 44.3 Å². The van der Waals surface area contributed by atoms with Crippen molar-refractivity contribution in [2.45, 2.75) is 58.0 Å². The third-order valence-electron chi connectivity index (χ3n) is 4.99. The van der Waals surface area contributed by atoms with Crippen molar-refractivity contribution in [3.63, 3.8) is 0 Å². The van der Waals surface area contributed by atoms with Gasteiger partial charge in [-0.15, -0.1) is 0 Å². The van der Waals surface area contributed by atoms with Crippen LogP contribution in [0, 0.1) is 0 Å². The van der Waals surface area contributed by atoms with E-state index in [1.807, 2.05) is 12.3 Å². The van der Waals surface area contributed by atoms with Crippen LogP contribution in [0.4, 0.5) is 5.82 Å². The standard InChI is InChI=1S/C19H32N4O/c1-19(2,3)18-20-9-7-17(21-18)23-12-8-16(15-23)24-14-13-22-10-5-4-6-11-22/h7,9,16H,4-6,8,10-15H2,1-3H3/t16-/m1/s1. The third-order valence-corrected chi connectivity index (χ3v) is 4.99. The average Bonchev–Trinajstić information content (AvgIpc) is 3.04. The molecule has 5 heteroatoms. The van der Waals surface area contributed by atoms with Gasteiger partial charge in [0.15, 0.2) is 0 Å². The molecular weight excluding hydrogens is 300 g/mol. The number of nitrogens with zero attached hydrogens (tertiary/aromatic N) is 4. The van der Waals surface area contributed by atoms with Crippen molar-refractivity contribution in [2.24, 2.45) is 0 Å². The Bertz CT molecular complexity index is 522. The molecule has 134 valence electrons. The number of anilines is 1. The van der Waals surface area contributed by atoms with E-state index in [1.54, 1.807) is 0 Å². The van der Waals surface area contributed by atoms with Crippen molar-refractivity contribution in [1.29, 1.82) is 0 Å². The van der Waals surface area contributed by atoms with E-state index >= 15 is 0 Å². The Hall–Kier alpha value is -1.20. The Labute approximate surface area is 146 Å². The highest BCUT2D eigenvalue weighted by Crippen LogP contribution is 2.23. The Kier molecular flexibility index (Phi) is 5.72. The number of piperidine rings is 1. The maximum atomic E-state index is 6.13. The van der Waals surface area contributed by atoms with Gasteiger partial charge in [0.2, 0.25) is 0 Å². The van der Waals surface area contributed by atoms with Crippen molar-refractivity contribution in [1.82, 2.24) is 14.9 Å². The summed E-state index contributed by atoms with van der Waals surface area (Å²) >= 11 is 0. The quantitative estimate of drug-likeness (QED) is 0.829. The van der Waals surface area contributed by atoms with Gasteiger partial charge in [0.1, 0.15) is 11.6 Å². The lowest BCUT2D eigenvalue weighted by Gasteiger charge is -2.26. The van der Waals surface area contributed by atoms with Gasteiger partial charge in [-0.25, -0.2) is 9.97 Å². The molecule has 1 aromatic heterocycles. The number of rotatable bonds is 5. The summed E-state index contributed by atoms with van der Waals surface area (Å²) in [5, 5.41) is 0. The van der Waals surface area contributed by atoms with Gasteiger partial charge in [-0.1, -0.05) is 27.2 Å². The minimum Gasteiger partial charge on any atom is -0.375 e. The average molecular weight is 332 g/mol. The molecule has 0 radical (unpaired) electrons. The summed E-state index contributed by atoms with van der Waals surface area (Å²) in [6.45, 7) is 12.9. The summed E-state index contributed by atoms with van der Waals surface area (Å²) in [6.07, 6.45) is 7.40. The van der Waals surface area contributed by atoms with E-state index in [0.29, 0.717) is 6.10 Å². The minimum absolute atomic E-state index is 0.0138. The van der Waals surface area contributed by atoms with Crippen molar-refractivity contribution in [2.75, 3.05) is 44.2 Å². The molecule has 1 atom stereocenters. The molecule has 24 heavy (non-hydrogen) atoms. The van der Waals surface area contributed by atoms with Crippen LogP contribution in [-0.4, -0.2) is 60.3 Å². The van der Waals surface area contributed by atoms with Crippen LogP contribution in [0.15, 0.2) is 12.3 Å². The molecule has 2 saturated heterocycles. The van der Waals surface area contributed by atoms with E-state index in [1.165, 1.54) is 32.4 Å². The summed E-state index contributed by atoms with van der Waals surface area (Å²) in [5.74, 6) is 1.95. The van der Waals surface area contributed by atoms with Crippen LogP contribution in [0.25, 0.3) is 0 Å². The Morgan fingerprint density at radius 2 is 1.96 bits per heavy atom. The van der Waals surface area contributed by atoms with E-state index in [-0.39, 0.29) is 5.41 Å². The molecule has 0 spiro atoms. The fourth-order valence-electron chi connectivity index (χ4n) is 3.49. The van der Waals surface area contributed by atoms with Crippen molar-refractivity contribution in [3.05, 3.63) is 18.1 Å². The SMILES string of the molecule is CC(C)(C)c1nccc(N2CC[C@@H](OCCN3CCCCC3)C2)n1. The second-order valence-corrected chi connectivity index (χ2v) is 8.12.